The number of methoxy groups -OCH3 is 1. The number of carbonyl (C=O) groups is 2. The van der Waals surface area contributed by atoms with E-state index in [2.05, 4.69) is 34.5 Å². The molecule has 192 valence electrons. The second kappa shape index (κ2) is 13.0. The Morgan fingerprint density at radius 3 is 2.63 bits per heavy atom. The van der Waals surface area contributed by atoms with E-state index in [1.54, 1.807) is 18.5 Å². The highest BCUT2D eigenvalue weighted by Gasteiger charge is 2.27. The van der Waals surface area contributed by atoms with E-state index in [0.717, 1.165) is 42.9 Å². The van der Waals surface area contributed by atoms with Crippen molar-refractivity contribution in [3.8, 4) is 0 Å². The van der Waals surface area contributed by atoms with Crippen LogP contribution in [-0.4, -0.2) is 53.8 Å². The fourth-order valence-electron chi connectivity index (χ4n) is 3.91. The van der Waals surface area contributed by atoms with Crippen LogP contribution in [0.2, 0.25) is 0 Å². The van der Waals surface area contributed by atoms with E-state index in [4.69, 9.17) is 10.5 Å². The number of morpholine rings is 1. The number of hydrogen-bond acceptors (Lipinski definition) is 7. The fourth-order valence-corrected chi connectivity index (χ4v) is 3.91. The topological polar surface area (TPSA) is 117 Å². The van der Waals surface area contributed by atoms with Crippen LogP contribution in [0.4, 0.5) is 5.69 Å². The summed E-state index contributed by atoms with van der Waals surface area (Å²) < 4.78 is 11.8. The predicted molar refractivity (Wildman–Crippen MR) is 135 cm³/mol. The van der Waals surface area contributed by atoms with Crippen LogP contribution in [0.5, 0.6) is 0 Å². The SMILES string of the molecule is CCCC(C(N)=O)n1ccc(C)cc1=O.COC(=O)CCc1cncc(N2CCOC(C)(C)C2)c1. The van der Waals surface area contributed by atoms with Crippen molar-refractivity contribution in [1.82, 2.24) is 9.55 Å². The number of nitrogens with two attached hydrogens (primary N) is 1. The molecule has 3 heterocycles. The number of amides is 1. The first-order chi connectivity index (χ1) is 16.6. The summed E-state index contributed by atoms with van der Waals surface area (Å²) in [5.74, 6) is -0.647. The summed E-state index contributed by atoms with van der Waals surface area (Å²) in [6.07, 6.45) is 7.74. The molecule has 1 unspecified atom stereocenters. The van der Waals surface area contributed by atoms with Gasteiger partial charge in [-0.15, -0.1) is 0 Å². The van der Waals surface area contributed by atoms with Gasteiger partial charge in [0.1, 0.15) is 6.04 Å². The van der Waals surface area contributed by atoms with Gasteiger partial charge in [0.05, 0.1) is 31.2 Å². The smallest absolute Gasteiger partial charge is 0.305 e. The lowest BCUT2D eigenvalue weighted by molar-refractivity contribution is -0.140. The minimum absolute atomic E-state index is 0.139. The van der Waals surface area contributed by atoms with E-state index < -0.39 is 11.9 Å². The number of ether oxygens (including phenoxy) is 2. The molecule has 2 N–H and O–H groups in total. The molecule has 2 aromatic heterocycles. The van der Waals surface area contributed by atoms with Crippen LogP contribution in [0.15, 0.2) is 41.6 Å². The van der Waals surface area contributed by atoms with Crippen LogP contribution in [0, 0.1) is 6.92 Å². The molecule has 3 rings (SSSR count). The Morgan fingerprint density at radius 1 is 1.29 bits per heavy atom. The van der Waals surface area contributed by atoms with Crippen molar-refractivity contribution in [2.75, 3.05) is 31.7 Å². The van der Waals surface area contributed by atoms with Gasteiger partial charge < -0.3 is 24.7 Å². The standard InChI is InChI=1S/C15H22N2O3.C11H16N2O2/c1-15(2)11-17(6-7-20-15)13-8-12(9-16-10-13)4-5-14(18)19-3;1-3-4-9(11(12)15)13-6-5-8(2)7-10(13)14/h8-10H,4-7,11H2,1-3H3;5-7,9H,3-4H2,1-2H3,(H2,12,15). The lowest BCUT2D eigenvalue weighted by Gasteiger charge is -2.39. The molecular weight excluding hydrogens is 448 g/mol. The first kappa shape index (κ1) is 28.0. The first-order valence-electron chi connectivity index (χ1n) is 11.9. The Labute approximate surface area is 207 Å². The van der Waals surface area contributed by atoms with E-state index in [9.17, 15) is 14.4 Å². The molecule has 1 aliphatic rings. The minimum Gasteiger partial charge on any atom is -0.469 e. The van der Waals surface area contributed by atoms with Gasteiger partial charge in [-0.05, 0) is 56.9 Å². The average molecular weight is 487 g/mol. The summed E-state index contributed by atoms with van der Waals surface area (Å²) in [6, 6.07) is 4.87. The maximum absolute atomic E-state index is 11.6. The molecule has 1 saturated heterocycles. The van der Waals surface area contributed by atoms with Crippen LogP contribution in [0.3, 0.4) is 0 Å². The number of rotatable bonds is 8. The second-order valence-corrected chi connectivity index (χ2v) is 9.31. The summed E-state index contributed by atoms with van der Waals surface area (Å²) in [5, 5.41) is 0. The van der Waals surface area contributed by atoms with Crippen LogP contribution >= 0.6 is 0 Å². The normalized spacial score (nSPS) is 15.5. The molecule has 0 aromatic carbocycles. The fraction of sp³-hybridized carbons (Fsp3) is 0.538. The number of nitrogens with zero attached hydrogens (tertiary/aromatic N) is 3. The Kier molecular flexibility index (Phi) is 10.4. The monoisotopic (exact) mass is 486 g/mol. The van der Waals surface area contributed by atoms with Crippen molar-refractivity contribution >= 4 is 17.6 Å². The molecule has 35 heavy (non-hydrogen) atoms. The zero-order valence-electron chi connectivity index (χ0n) is 21.5. The van der Waals surface area contributed by atoms with E-state index >= 15 is 0 Å². The Balaban J connectivity index is 0.000000258. The molecule has 0 bridgehead atoms. The molecular formula is C26H38N4O5. The molecule has 9 nitrogen and oxygen atoms in total. The number of esters is 1. The number of hydrogen-bond donors (Lipinski definition) is 1. The number of anilines is 1. The maximum atomic E-state index is 11.6. The van der Waals surface area contributed by atoms with Crippen LogP contribution in [0.1, 0.15) is 57.2 Å². The molecule has 1 amide bonds. The highest BCUT2D eigenvalue weighted by molar-refractivity contribution is 5.78. The number of carbonyl (C=O) groups excluding carboxylic acids is 2. The van der Waals surface area contributed by atoms with Gasteiger partial charge in [-0.25, -0.2) is 0 Å². The Hall–Kier alpha value is -3.20. The third-order valence-electron chi connectivity index (χ3n) is 5.75. The summed E-state index contributed by atoms with van der Waals surface area (Å²) in [7, 11) is 1.41. The summed E-state index contributed by atoms with van der Waals surface area (Å²) in [6.45, 7) is 10.4. The largest absolute Gasteiger partial charge is 0.469 e. The summed E-state index contributed by atoms with van der Waals surface area (Å²) >= 11 is 0. The molecule has 1 aliphatic heterocycles. The van der Waals surface area contributed by atoms with E-state index in [0.29, 0.717) is 19.3 Å². The van der Waals surface area contributed by atoms with Gasteiger partial charge in [0.2, 0.25) is 5.91 Å². The van der Waals surface area contributed by atoms with Crippen LogP contribution < -0.4 is 16.2 Å². The van der Waals surface area contributed by atoms with Gasteiger partial charge in [0.15, 0.2) is 0 Å². The number of pyridine rings is 2. The van der Waals surface area contributed by atoms with Crippen molar-refractivity contribution in [1.29, 1.82) is 0 Å². The van der Waals surface area contributed by atoms with Crippen LogP contribution in [0.25, 0.3) is 0 Å². The second-order valence-electron chi connectivity index (χ2n) is 9.31. The lowest BCUT2D eigenvalue weighted by Crippen LogP contribution is -2.48. The Morgan fingerprint density at radius 2 is 2.03 bits per heavy atom. The minimum atomic E-state index is -0.525. The number of primary amides is 1. The number of aryl methyl sites for hydroxylation is 2. The molecule has 0 spiro atoms. The van der Waals surface area contributed by atoms with Gasteiger partial charge in [0, 0.05) is 38.0 Å². The summed E-state index contributed by atoms with van der Waals surface area (Å²) in [5.41, 5.74) is 7.98. The Bertz CT molecular complexity index is 1050. The summed E-state index contributed by atoms with van der Waals surface area (Å²) in [4.78, 5) is 40.5. The van der Waals surface area contributed by atoms with Crippen molar-refractivity contribution in [3.05, 3.63) is 58.3 Å². The third-order valence-corrected chi connectivity index (χ3v) is 5.75. The van der Waals surface area contributed by atoms with Crippen molar-refractivity contribution in [2.24, 2.45) is 5.73 Å². The van der Waals surface area contributed by atoms with Crippen molar-refractivity contribution in [2.45, 2.75) is 65.0 Å². The van der Waals surface area contributed by atoms with Gasteiger partial charge in [0.25, 0.3) is 5.56 Å². The molecule has 0 aliphatic carbocycles. The van der Waals surface area contributed by atoms with E-state index in [-0.39, 0.29) is 17.1 Å². The maximum Gasteiger partial charge on any atom is 0.305 e. The van der Waals surface area contributed by atoms with Crippen LogP contribution in [-0.2, 0) is 25.5 Å². The molecule has 9 heteroatoms. The molecule has 0 radical (unpaired) electrons. The van der Waals surface area contributed by atoms with E-state index in [1.165, 1.54) is 17.7 Å². The van der Waals surface area contributed by atoms with E-state index in [1.807, 2.05) is 20.0 Å². The zero-order valence-corrected chi connectivity index (χ0v) is 21.5. The quantitative estimate of drug-likeness (QED) is 0.570. The predicted octanol–water partition coefficient (Wildman–Crippen LogP) is 2.79. The molecule has 0 saturated carbocycles. The molecule has 1 fully saturated rings. The lowest BCUT2D eigenvalue weighted by atomic mass is 10.1. The molecule has 2 aromatic rings. The number of aromatic nitrogens is 2. The average Bonchev–Trinajstić information content (AvgIpc) is 2.81. The molecule has 1 atom stereocenters. The zero-order chi connectivity index (χ0) is 26.0. The highest BCUT2D eigenvalue weighted by atomic mass is 16.5. The van der Waals surface area contributed by atoms with Crippen molar-refractivity contribution < 1.29 is 19.1 Å². The third kappa shape index (κ3) is 8.83. The highest BCUT2D eigenvalue weighted by Crippen LogP contribution is 2.23. The first-order valence-corrected chi connectivity index (χ1v) is 11.9. The van der Waals surface area contributed by atoms with Gasteiger partial charge in [-0.1, -0.05) is 13.3 Å². The van der Waals surface area contributed by atoms with Gasteiger partial charge in [-0.3, -0.25) is 19.4 Å². The van der Waals surface area contributed by atoms with Crippen molar-refractivity contribution in [3.63, 3.8) is 0 Å². The van der Waals surface area contributed by atoms with Gasteiger partial charge >= 0.3 is 5.97 Å². The van der Waals surface area contributed by atoms with Gasteiger partial charge in [-0.2, -0.15) is 0 Å².